The first-order valence-electron chi connectivity index (χ1n) is 13.3. The molecule has 0 bridgehead atoms. The highest BCUT2D eigenvalue weighted by Gasteiger charge is 2.22. The van der Waals surface area contributed by atoms with Gasteiger partial charge >= 0.3 is 6.03 Å². The van der Waals surface area contributed by atoms with Gasteiger partial charge in [-0.25, -0.2) is 4.79 Å². The molecule has 2 N–H and O–H groups in total. The van der Waals surface area contributed by atoms with Crippen LogP contribution in [0.3, 0.4) is 0 Å². The number of amides is 2. The molecule has 4 heterocycles. The van der Waals surface area contributed by atoms with Crippen LogP contribution in [0, 0.1) is 0 Å². The van der Waals surface area contributed by atoms with Crippen molar-refractivity contribution in [3.63, 3.8) is 0 Å². The summed E-state index contributed by atoms with van der Waals surface area (Å²) in [5, 5.41) is 5.62. The Morgan fingerprint density at radius 3 is 2.32 bits per heavy atom. The molecule has 0 aliphatic carbocycles. The van der Waals surface area contributed by atoms with Gasteiger partial charge in [0.1, 0.15) is 0 Å². The predicted molar refractivity (Wildman–Crippen MR) is 149 cm³/mol. The monoisotopic (exact) mass is 517 g/mol. The van der Waals surface area contributed by atoms with Crippen LogP contribution in [0.15, 0.2) is 48.8 Å². The normalized spacial score (nSPS) is 16.7. The van der Waals surface area contributed by atoms with E-state index in [4.69, 9.17) is 19.7 Å². The van der Waals surface area contributed by atoms with E-state index in [9.17, 15) is 4.79 Å². The van der Waals surface area contributed by atoms with E-state index < -0.39 is 0 Å². The molecule has 0 radical (unpaired) electrons. The first-order chi connectivity index (χ1) is 18.7. The van der Waals surface area contributed by atoms with Crippen molar-refractivity contribution in [1.29, 1.82) is 0 Å². The zero-order chi connectivity index (χ0) is 26.2. The van der Waals surface area contributed by atoms with Gasteiger partial charge in [-0.15, -0.1) is 0 Å². The molecule has 200 valence electrons. The molecule has 2 fully saturated rings. The highest BCUT2D eigenvalue weighted by molar-refractivity contribution is 5.99. The Morgan fingerprint density at radius 2 is 1.61 bits per heavy atom. The number of morpholine rings is 1. The van der Waals surface area contributed by atoms with Crippen LogP contribution in [0.25, 0.3) is 11.4 Å². The molecule has 2 amide bonds. The maximum atomic E-state index is 12.4. The Kier molecular flexibility index (Phi) is 8.56. The van der Waals surface area contributed by atoms with Crippen LogP contribution in [0.1, 0.15) is 19.8 Å². The largest absolute Gasteiger partial charge is 0.378 e. The highest BCUT2D eigenvalue weighted by atomic mass is 16.5. The maximum Gasteiger partial charge on any atom is 0.323 e. The number of anilines is 4. The summed E-state index contributed by atoms with van der Waals surface area (Å²) in [6, 6.07) is 10.8. The number of ether oxygens (including phenoxy) is 1. The lowest BCUT2D eigenvalue weighted by Gasteiger charge is -2.28. The molecular formula is C27H35N9O2. The second-order valence-electron chi connectivity index (χ2n) is 9.44. The number of hydrogen-bond donors (Lipinski definition) is 2. The zero-order valence-electron chi connectivity index (χ0n) is 21.8. The summed E-state index contributed by atoms with van der Waals surface area (Å²) in [6.07, 6.45) is 5.49. The number of rotatable bonds is 7. The first kappa shape index (κ1) is 25.8. The minimum Gasteiger partial charge on any atom is -0.378 e. The van der Waals surface area contributed by atoms with Gasteiger partial charge < -0.3 is 30.1 Å². The molecule has 0 saturated carbocycles. The minimum absolute atomic E-state index is 0.332. The lowest BCUT2D eigenvalue weighted by Crippen LogP contribution is -2.38. The molecule has 1 aromatic carbocycles. The van der Waals surface area contributed by atoms with Gasteiger partial charge in [0.25, 0.3) is 0 Å². The van der Waals surface area contributed by atoms with E-state index in [0.717, 1.165) is 64.2 Å². The molecular weight excluding hydrogens is 482 g/mol. The van der Waals surface area contributed by atoms with Gasteiger partial charge in [-0.1, -0.05) is 6.92 Å². The van der Waals surface area contributed by atoms with Gasteiger partial charge in [-0.2, -0.15) is 15.0 Å². The van der Waals surface area contributed by atoms with Crippen LogP contribution < -0.4 is 20.4 Å². The standard InChI is InChI=1S/C27H35N9O2/c1-2-11-34-12-4-13-35(15-14-34)25-31-24(32-26(33-25)36-16-18-38-19-17-36)21-6-8-22(9-7-21)29-27(37)30-23-5-3-10-28-20-23/h3,5-10,20H,2,4,11-19H2,1H3,(H2,29,30,37). The third-order valence-corrected chi connectivity index (χ3v) is 6.64. The summed E-state index contributed by atoms with van der Waals surface area (Å²) in [4.78, 5) is 38.0. The Balaban J connectivity index is 1.35. The van der Waals surface area contributed by atoms with Crippen LogP contribution in [0.2, 0.25) is 0 Å². The van der Waals surface area contributed by atoms with Crippen molar-refractivity contribution in [3.8, 4) is 11.4 Å². The van der Waals surface area contributed by atoms with E-state index in [1.54, 1.807) is 24.5 Å². The maximum absolute atomic E-state index is 12.4. The van der Waals surface area contributed by atoms with Crippen molar-refractivity contribution in [1.82, 2.24) is 24.8 Å². The number of hydrogen-bond acceptors (Lipinski definition) is 9. The predicted octanol–water partition coefficient (Wildman–Crippen LogP) is 3.34. The molecule has 2 aliphatic heterocycles. The number of urea groups is 1. The topological polar surface area (TPSA) is 112 Å². The molecule has 38 heavy (non-hydrogen) atoms. The number of pyridine rings is 1. The number of nitrogens with zero attached hydrogens (tertiary/aromatic N) is 7. The summed E-state index contributed by atoms with van der Waals surface area (Å²) >= 11 is 0. The zero-order valence-corrected chi connectivity index (χ0v) is 21.8. The van der Waals surface area contributed by atoms with Crippen molar-refractivity contribution in [2.45, 2.75) is 19.8 Å². The summed E-state index contributed by atoms with van der Waals surface area (Å²) < 4.78 is 5.54. The first-order valence-corrected chi connectivity index (χ1v) is 13.3. The Bertz CT molecular complexity index is 1190. The van der Waals surface area contributed by atoms with Gasteiger partial charge in [-0.05, 0) is 62.3 Å². The fraction of sp³-hybridized carbons (Fsp3) is 0.444. The molecule has 0 unspecified atom stereocenters. The van der Waals surface area contributed by atoms with Gasteiger partial charge in [-0.3, -0.25) is 4.98 Å². The molecule has 11 heteroatoms. The number of aromatic nitrogens is 4. The quantitative estimate of drug-likeness (QED) is 0.487. The average molecular weight is 518 g/mol. The van der Waals surface area contributed by atoms with Gasteiger partial charge in [0.15, 0.2) is 5.82 Å². The Labute approximate surface area is 223 Å². The summed E-state index contributed by atoms with van der Waals surface area (Å²) in [5.74, 6) is 2.02. The summed E-state index contributed by atoms with van der Waals surface area (Å²) in [6.45, 7) is 10.1. The van der Waals surface area contributed by atoms with Crippen LogP contribution in [0.5, 0.6) is 0 Å². The fourth-order valence-corrected chi connectivity index (χ4v) is 4.67. The smallest absolute Gasteiger partial charge is 0.323 e. The lowest BCUT2D eigenvalue weighted by molar-refractivity contribution is 0.122. The lowest BCUT2D eigenvalue weighted by atomic mass is 10.2. The van der Waals surface area contributed by atoms with E-state index in [1.807, 2.05) is 24.3 Å². The third-order valence-electron chi connectivity index (χ3n) is 6.64. The van der Waals surface area contributed by atoms with E-state index in [-0.39, 0.29) is 6.03 Å². The molecule has 2 aliphatic rings. The average Bonchev–Trinajstić information content (AvgIpc) is 3.20. The molecule has 2 saturated heterocycles. The highest BCUT2D eigenvalue weighted by Crippen LogP contribution is 2.24. The third kappa shape index (κ3) is 6.73. The van der Waals surface area contributed by atoms with E-state index in [2.05, 4.69) is 37.2 Å². The van der Waals surface area contributed by atoms with Gasteiger partial charge in [0, 0.05) is 50.2 Å². The molecule has 2 aromatic heterocycles. The SMILES string of the molecule is CCCN1CCCN(c2nc(-c3ccc(NC(=O)Nc4cccnc4)cc3)nc(N3CCOCC3)n2)CC1. The van der Waals surface area contributed by atoms with Crippen molar-refractivity contribution in [2.75, 3.05) is 79.5 Å². The van der Waals surface area contributed by atoms with Crippen molar-refractivity contribution >= 4 is 29.3 Å². The minimum atomic E-state index is -0.332. The van der Waals surface area contributed by atoms with Crippen LogP contribution in [0.4, 0.5) is 28.1 Å². The van der Waals surface area contributed by atoms with Crippen molar-refractivity contribution < 1.29 is 9.53 Å². The Hall–Kier alpha value is -3.83. The fourth-order valence-electron chi connectivity index (χ4n) is 4.67. The second kappa shape index (κ2) is 12.6. The van der Waals surface area contributed by atoms with Gasteiger partial charge in [0.05, 0.1) is 25.1 Å². The number of carbonyl (C=O) groups is 1. The van der Waals surface area contributed by atoms with E-state index >= 15 is 0 Å². The second-order valence-corrected chi connectivity index (χ2v) is 9.44. The van der Waals surface area contributed by atoms with Crippen molar-refractivity contribution in [2.24, 2.45) is 0 Å². The van der Waals surface area contributed by atoms with Gasteiger partial charge in [0.2, 0.25) is 11.9 Å². The number of carbonyl (C=O) groups excluding carboxylic acids is 1. The van der Waals surface area contributed by atoms with Crippen LogP contribution >= 0.6 is 0 Å². The van der Waals surface area contributed by atoms with E-state index in [1.165, 1.54) is 0 Å². The van der Waals surface area contributed by atoms with Crippen LogP contribution in [-0.4, -0.2) is 89.9 Å². The summed E-state index contributed by atoms with van der Waals surface area (Å²) in [7, 11) is 0. The summed E-state index contributed by atoms with van der Waals surface area (Å²) in [5.41, 5.74) is 2.16. The van der Waals surface area contributed by atoms with Crippen molar-refractivity contribution in [3.05, 3.63) is 48.8 Å². The molecule has 5 rings (SSSR count). The van der Waals surface area contributed by atoms with E-state index in [0.29, 0.717) is 42.3 Å². The molecule has 0 atom stereocenters. The molecule has 11 nitrogen and oxygen atoms in total. The number of benzene rings is 1. The molecule has 3 aromatic rings. The van der Waals surface area contributed by atoms with Crippen LogP contribution in [-0.2, 0) is 4.74 Å². The number of nitrogens with one attached hydrogen (secondary N) is 2. The molecule has 0 spiro atoms. The Morgan fingerprint density at radius 1 is 0.868 bits per heavy atom.